The number of rotatable bonds is 9. The van der Waals surface area contributed by atoms with E-state index >= 15 is 0 Å². The van der Waals surface area contributed by atoms with Gasteiger partial charge in [-0.25, -0.2) is 4.98 Å². The van der Waals surface area contributed by atoms with Gasteiger partial charge in [-0.15, -0.1) is 11.3 Å². The van der Waals surface area contributed by atoms with Crippen LogP contribution in [-0.4, -0.2) is 40.1 Å². The van der Waals surface area contributed by atoms with Crippen LogP contribution in [-0.2, 0) is 19.4 Å². The Morgan fingerprint density at radius 2 is 2.00 bits per heavy atom. The summed E-state index contributed by atoms with van der Waals surface area (Å²) in [4.78, 5) is 11.5. The fourth-order valence-corrected chi connectivity index (χ4v) is 5.00. The second-order valence-corrected chi connectivity index (χ2v) is 9.34. The summed E-state index contributed by atoms with van der Waals surface area (Å²) < 4.78 is 1.26. The molecule has 0 saturated carbocycles. The summed E-state index contributed by atoms with van der Waals surface area (Å²) >= 11 is 7.14. The van der Waals surface area contributed by atoms with E-state index in [1.807, 2.05) is 11.0 Å². The monoisotopic (exact) mass is 474 g/mol. The Morgan fingerprint density at radius 3 is 2.73 bits per heavy atom. The summed E-state index contributed by atoms with van der Waals surface area (Å²) in [7, 11) is 2.06. The van der Waals surface area contributed by atoms with Gasteiger partial charge >= 0.3 is 0 Å². The van der Waals surface area contributed by atoms with E-state index in [0.29, 0.717) is 17.4 Å². The van der Waals surface area contributed by atoms with Crippen molar-refractivity contribution in [3.8, 4) is 6.07 Å². The number of imidazole rings is 1. The molecule has 168 valence electrons. The number of hydrogen-bond acceptors (Lipinski definition) is 5. The Kier molecular flexibility index (Phi) is 7.35. The van der Waals surface area contributed by atoms with Gasteiger partial charge in [0.25, 0.3) is 0 Å². The molecule has 0 aliphatic heterocycles. The molecule has 0 spiro atoms. The van der Waals surface area contributed by atoms with Crippen LogP contribution < -0.4 is 10.6 Å². The fourth-order valence-electron chi connectivity index (χ4n) is 3.83. The molecule has 0 unspecified atom stereocenters. The molecule has 2 heterocycles. The lowest BCUT2D eigenvalue weighted by Crippen LogP contribution is -2.37. The van der Waals surface area contributed by atoms with Crippen molar-refractivity contribution in [3.05, 3.63) is 82.8 Å². The second-order valence-electron chi connectivity index (χ2n) is 8.01. The number of thiophene rings is 1. The number of aromatic amines is 1. The van der Waals surface area contributed by atoms with Gasteiger partial charge in [0, 0.05) is 23.5 Å². The van der Waals surface area contributed by atoms with Crippen LogP contribution in [0.15, 0.2) is 60.1 Å². The van der Waals surface area contributed by atoms with Crippen molar-refractivity contribution in [2.24, 2.45) is 5.73 Å². The van der Waals surface area contributed by atoms with E-state index in [4.69, 9.17) is 23.2 Å². The molecule has 0 atom stereocenters. The largest absolute Gasteiger partial charge is 0.376 e. The fraction of sp³-hybridized carbons (Fsp3) is 0.240. The van der Waals surface area contributed by atoms with Gasteiger partial charge in [0.2, 0.25) is 0 Å². The lowest BCUT2D eigenvalue weighted by Gasteiger charge is -2.23. The van der Waals surface area contributed by atoms with Gasteiger partial charge in [0.1, 0.15) is 17.6 Å². The number of thiocarbonyl (C=S) groups is 1. The molecule has 0 aliphatic carbocycles. The number of anilines is 1. The zero-order valence-corrected chi connectivity index (χ0v) is 20.1. The molecule has 6 nitrogen and oxygen atoms in total. The molecule has 0 fully saturated rings. The van der Waals surface area contributed by atoms with Gasteiger partial charge in [-0.3, -0.25) is 4.90 Å². The predicted octanol–water partition coefficient (Wildman–Crippen LogP) is 4.46. The number of nitrogens with one attached hydrogen (secondary N) is 1. The number of H-pyrrole nitrogens is 1. The molecule has 33 heavy (non-hydrogen) atoms. The highest BCUT2D eigenvalue weighted by Crippen LogP contribution is 2.31. The third-order valence-corrected chi connectivity index (χ3v) is 6.85. The standard InChI is InChI=1S/C25H26N6S2/c1-30(16-24-28-15-20(14-26)29-24)11-10-19-17-33-23-8-7-21(13-22(19)23)31(25(27)32)12-9-18-5-3-2-4-6-18/h2-8,13,15,17H,9-12,16H2,1H3,(H2,27,32)(H,28,29). The van der Waals surface area contributed by atoms with Crippen LogP contribution in [0.3, 0.4) is 0 Å². The quantitative estimate of drug-likeness (QED) is 0.348. The Morgan fingerprint density at radius 1 is 1.18 bits per heavy atom. The maximum Gasteiger partial charge on any atom is 0.170 e. The Labute approximate surface area is 203 Å². The van der Waals surface area contributed by atoms with Crippen LogP contribution in [0, 0.1) is 11.3 Å². The SMILES string of the molecule is CN(CCc1csc2ccc(N(CCc3ccccc3)C(N)=S)cc12)Cc1ncc(C#N)[nH]1. The van der Waals surface area contributed by atoms with E-state index < -0.39 is 0 Å². The number of hydrogen-bond donors (Lipinski definition) is 2. The molecule has 3 N–H and O–H groups in total. The minimum absolute atomic E-state index is 0.386. The predicted molar refractivity (Wildman–Crippen MR) is 139 cm³/mol. The molecule has 4 aromatic rings. The van der Waals surface area contributed by atoms with Crippen molar-refractivity contribution in [3.63, 3.8) is 0 Å². The summed E-state index contributed by atoms with van der Waals surface area (Å²) in [5.41, 5.74) is 10.2. The smallest absolute Gasteiger partial charge is 0.170 e. The molecular formula is C25H26N6S2. The Hall–Kier alpha value is -3.25. The van der Waals surface area contributed by atoms with Crippen LogP contribution in [0.1, 0.15) is 22.6 Å². The van der Waals surface area contributed by atoms with Crippen LogP contribution in [0.2, 0.25) is 0 Å². The minimum atomic E-state index is 0.386. The van der Waals surface area contributed by atoms with Gasteiger partial charge in [-0.05, 0) is 72.2 Å². The first-order chi connectivity index (χ1) is 16.0. The van der Waals surface area contributed by atoms with Crippen LogP contribution in [0.5, 0.6) is 0 Å². The van der Waals surface area contributed by atoms with Gasteiger partial charge in [-0.1, -0.05) is 30.3 Å². The summed E-state index contributed by atoms with van der Waals surface area (Å²) in [6.45, 7) is 2.29. The number of aromatic nitrogens is 2. The number of benzene rings is 2. The van der Waals surface area contributed by atoms with Gasteiger partial charge in [0.05, 0.1) is 12.7 Å². The van der Waals surface area contributed by atoms with Gasteiger partial charge in [0.15, 0.2) is 5.11 Å². The van der Waals surface area contributed by atoms with Crippen molar-refractivity contribution in [1.29, 1.82) is 5.26 Å². The molecular weight excluding hydrogens is 448 g/mol. The summed E-state index contributed by atoms with van der Waals surface area (Å²) in [6, 6.07) is 18.9. The number of nitrogens with zero attached hydrogens (tertiary/aromatic N) is 4. The molecule has 4 rings (SSSR count). The maximum atomic E-state index is 8.95. The molecule has 2 aromatic heterocycles. The molecule has 8 heteroatoms. The number of nitriles is 1. The van der Waals surface area contributed by atoms with Crippen LogP contribution in [0.25, 0.3) is 10.1 Å². The van der Waals surface area contributed by atoms with E-state index in [1.165, 1.54) is 21.2 Å². The van der Waals surface area contributed by atoms with Gasteiger partial charge in [-0.2, -0.15) is 5.26 Å². The van der Waals surface area contributed by atoms with Crippen molar-refractivity contribution >= 4 is 44.4 Å². The molecule has 0 radical (unpaired) electrons. The first kappa shape index (κ1) is 22.9. The first-order valence-corrected chi connectivity index (χ1v) is 12.1. The highest BCUT2D eigenvalue weighted by molar-refractivity contribution is 7.80. The highest BCUT2D eigenvalue weighted by Gasteiger charge is 2.13. The third-order valence-electron chi connectivity index (χ3n) is 5.61. The van der Waals surface area contributed by atoms with Gasteiger partial charge < -0.3 is 15.6 Å². The first-order valence-electron chi connectivity index (χ1n) is 10.8. The number of likely N-dealkylation sites (N-methyl/N-ethyl adjacent to an activating group) is 1. The lowest BCUT2D eigenvalue weighted by atomic mass is 10.1. The summed E-state index contributed by atoms with van der Waals surface area (Å²) in [5.74, 6) is 0.803. The zero-order valence-electron chi connectivity index (χ0n) is 18.5. The minimum Gasteiger partial charge on any atom is -0.376 e. The topological polar surface area (TPSA) is 85.0 Å². The highest BCUT2D eigenvalue weighted by atomic mass is 32.1. The third kappa shape index (κ3) is 5.76. The molecule has 0 saturated heterocycles. The molecule has 0 bridgehead atoms. The molecule has 2 aromatic carbocycles. The average molecular weight is 475 g/mol. The van der Waals surface area contributed by atoms with E-state index in [2.05, 4.69) is 75.8 Å². The molecule has 0 amide bonds. The van der Waals surface area contributed by atoms with Crippen molar-refractivity contribution in [1.82, 2.24) is 14.9 Å². The normalized spacial score (nSPS) is 11.1. The summed E-state index contributed by atoms with van der Waals surface area (Å²) in [5, 5.41) is 12.8. The zero-order chi connectivity index (χ0) is 23.2. The van der Waals surface area contributed by atoms with Crippen molar-refractivity contribution < 1.29 is 0 Å². The lowest BCUT2D eigenvalue weighted by molar-refractivity contribution is 0.324. The average Bonchev–Trinajstić information content (AvgIpc) is 3.44. The van der Waals surface area contributed by atoms with E-state index in [1.54, 1.807) is 17.5 Å². The Bertz CT molecular complexity index is 1270. The van der Waals surface area contributed by atoms with Crippen LogP contribution >= 0.6 is 23.6 Å². The summed E-state index contributed by atoms with van der Waals surface area (Å²) in [6.07, 6.45) is 3.36. The van der Waals surface area contributed by atoms with E-state index in [0.717, 1.165) is 37.4 Å². The Balaban J connectivity index is 1.45. The van der Waals surface area contributed by atoms with Crippen LogP contribution in [0.4, 0.5) is 5.69 Å². The van der Waals surface area contributed by atoms with E-state index in [-0.39, 0.29) is 0 Å². The number of fused-ring (bicyclic) bond motifs is 1. The number of nitrogens with two attached hydrogens (primary N) is 1. The maximum absolute atomic E-state index is 8.95. The van der Waals surface area contributed by atoms with E-state index in [9.17, 15) is 0 Å². The second kappa shape index (κ2) is 10.6. The van der Waals surface area contributed by atoms with Crippen molar-refractivity contribution in [2.75, 3.05) is 25.0 Å². The van der Waals surface area contributed by atoms with Crippen molar-refractivity contribution in [2.45, 2.75) is 19.4 Å². The molecule has 0 aliphatic rings.